The highest BCUT2D eigenvalue weighted by atomic mass is 35.5. The molecule has 0 saturated heterocycles. The molecule has 3 aromatic rings. The number of hydrogen-bond acceptors (Lipinski definition) is 2. The van der Waals surface area contributed by atoms with Crippen LogP contribution in [0.4, 0.5) is 0 Å². The maximum absolute atomic E-state index is 12.7. The van der Waals surface area contributed by atoms with Crippen molar-refractivity contribution < 1.29 is 9.53 Å². The average Bonchev–Trinajstić information content (AvgIpc) is 2.69. The van der Waals surface area contributed by atoms with Gasteiger partial charge in [-0.1, -0.05) is 72.3 Å². The first-order valence-corrected chi connectivity index (χ1v) is 8.77. The van der Waals surface area contributed by atoms with Crippen molar-refractivity contribution in [1.82, 2.24) is 5.32 Å². The zero-order valence-corrected chi connectivity index (χ0v) is 15.2. The molecule has 1 atom stereocenters. The zero-order chi connectivity index (χ0) is 18.4. The van der Waals surface area contributed by atoms with Gasteiger partial charge in [-0.3, -0.25) is 4.79 Å². The Hall–Kier alpha value is -2.78. The van der Waals surface area contributed by atoms with Crippen molar-refractivity contribution in [1.29, 1.82) is 0 Å². The molecule has 3 rings (SSSR count). The highest BCUT2D eigenvalue weighted by Crippen LogP contribution is 2.24. The van der Waals surface area contributed by atoms with E-state index in [0.717, 1.165) is 22.4 Å². The van der Waals surface area contributed by atoms with Crippen LogP contribution >= 0.6 is 11.6 Å². The second kappa shape index (κ2) is 8.54. The van der Waals surface area contributed by atoms with Crippen molar-refractivity contribution in [2.45, 2.75) is 12.5 Å². The van der Waals surface area contributed by atoms with Crippen LogP contribution in [0.5, 0.6) is 5.75 Å². The van der Waals surface area contributed by atoms with Gasteiger partial charge in [-0.05, 0) is 34.9 Å². The number of ether oxygens (including phenoxy) is 1. The van der Waals surface area contributed by atoms with E-state index in [4.69, 9.17) is 16.3 Å². The first-order valence-electron chi connectivity index (χ1n) is 8.39. The summed E-state index contributed by atoms with van der Waals surface area (Å²) in [6.07, 6.45) is 0.235. The van der Waals surface area contributed by atoms with E-state index < -0.39 is 0 Å². The van der Waals surface area contributed by atoms with Gasteiger partial charge in [0.1, 0.15) is 5.75 Å². The molecule has 0 spiro atoms. The lowest BCUT2D eigenvalue weighted by Gasteiger charge is -2.20. The molecule has 1 N–H and O–H groups in total. The zero-order valence-electron chi connectivity index (χ0n) is 14.5. The highest BCUT2D eigenvalue weighted by molar-refractivity contribution is 6.31. The Bertz CT molecular complexity index is 863. The number of rotatable bonds is 6. The summed E-state index contributed by atoms with van der Waals surface area (Å²) < 4.78 is 5.23. The van der Waals surface area contributed by atoms with Crippen LogP contribution in [-0.4, -0.2) is 13.0 Å². The minimum absolute atomic E-state index is 0.0808. The topological polar surface area (TPSA) is 38.3 Å². The lowest BCUT2D eigenvalue weighted by Crippen LogP contribution is -2.30. The van der Waals surface area contributed by atoms with Crippen LogP contribution in [0.3, 0.4) is 0 Å². The fraction of sp³-hybridized carbons (Fsp3) is 0.136. The number of amides is 1. The first-order chi connectivity index (χ1) is 12.7. The van der Waals surface area contributed by atoms with E-state index in [1.165, 1.54) is 0 Å². The van der Waals surface area contributed by atoms with Crippen LogP contribution in [0.2, 0.25) is 5.02 Å². The third-order valence-corrected chi connectivity index (χ3v) is 4.56. The summed E-state index contributed by atoms with van der Waals surface area (Å²) in [7, 11) is 1.63. The molecule has 0 unspecified atom stereocenters. The fourth-order valence-corrected chi connectivity index (χ4v) is 3.03. The third-order valence-electron chi connectivity index (χ3n) is 4.20. The minimum atomic E-state index is -0.239. The molecular formula is C22H20ClNO2. The molecule has 1 amide bonds. The standard InChI is InChI=1S/C22H20ClNO2/c1-26-19-13-11-17(12-14-19)22(16-7-3-2-4-8-16)24-21(25)15-18-9-5-6-10-20(18)23/h2-14,22H,15H2,1H3,(H,24,25)/t22-/m1/s1. The van der Waals surface area contributed by atoms with E-state index in [0.29, 0.717) is 5.02 Å². The summed E-state index contributed by atoms with van der Waals surface area (Å²) in [6.45, 7) is 0. The van der Waals surface area contributed by atoms with Crippen LogP contribution in [0, 0.1) is 0 Å². The van der Waals surface area contributed by atoms with Gasteiger partial charge in [0.15, 0.2) is 0 Å². The number of carbonyl (C=O) groups is 1. The van der Waals surface area contributed by atoms with E-state index in [-0.39, 0.29) is 18.4 Å². The summed E-state index contributed by atoms with van der Waals surface area (Å²) >= 11 is 6.18. The Morgan fingerprint density at radius 3 is 2.19 bits per heavy atom. The van der Waals surface area contributed by atoms with Gasteiger partial charge in [0.25, 0.3) is 0 Å². The van der Waals surface area contributed by atoms with Crippen molar-refractivity contribution in [2.24, 2.45) is 0 Å². The molecule has 0 aromatic heterocycles. The summed E-state index contributed by atoms with van der Waals surface area (Å²) in [5, 5.41) is 3.72. The molecule has 0 aliphatic heterocycles. The molecule has 0 radical (unpaired) electrons. The molecule has 3 nitrogen and oxygen atoms in total. The van der Waals surface area contributed by atoms with Crippen molar-refractivity contribution in [3.05, 3.63) is 101 Å². The van der Waals surface area contributed by atoms with Gasteiger partial charge in [-0.15, -0.1) is 0 Å². The molecule has 132 valence electrons. The van der Waals surface area contributed by atoms with Crippen LogP contribution in [0.1, 0.15) is 22.7 Å². The number of benzene rings is 3. The van der Waals surface area contributed by atoms with Crippen LogP contribution < -0.4 is 10.1 Å². The number of nitrogens with one attached hydrogen (secondary N) is 1. The van der Waals surface area contributed by atoms with Crippen LogP contribution in [-0.2, 0) is 11.2 Å². The van der Waals surface area contributed by atoms with E-state index in [9.17, 15) is 4.79 Å². The van der Waals surface area contributed by atoms with Crippen LogP contribution in [0.15, 0.2) is 78.9 Å². The largest absolute Gasteiger partial charge is 0.497 e. The van der Waals surface area contributed by atoms with Crippen molar-refractivity contribution in [3.8, 4) is 5.75 Å². The van der Waals surface area contributed by atoms with E-state index in [2.05, 4.69) is 5.32 Å². The Balaban J connectivity index is 1.83. The molecule has 26 heavy (non-hydrogen) atoms. The summed E-state index contributed by atoms with van der Waals surface area (Å²) in [5.41, 5.74) is 2.82. The SMILES string of the molecule is COc1ccc([C@H](NC(=O)Cc2ccccc2Cl)c2ccccc2)cc1. The van der Waals surface area contributed by atoms with Crippen molar-refractivity contribution in [3.63, 3.8) is 0 Å². The first kappa shape index (κ1) is 18.0. The normalized spacial score (nSPS) is 11.6. The molecular weight excluding hydrogens is 346 g/mol. The second-order valence-corrected chi connectivity index (χ2v) is 6.36. The number of carbonyl (C=O) groups excluding carboxylic acids is 1. The maximum Gasteiger partial charge on any atom is 0.225 e. The molecule has 0 aliphatic rings. The quantitative estimate of drug-likeness (QED) is 0.681. The predicted molar refractivity (Wildman–Crippen MR) is 105 cm³/mol. The van der Waals surface area contributed by atoms with Gasteiger partial charge in [0, 0.05) is 5.02 Å². The van der Waals surface area contributed by atoms with Crippen molar-refractivity contribution in [2.75, 3.05) is 7.11 Å². The van der Waals surface area contributed by atoms with Gasteiger partial charge in [-0.2, -0.15) is 0 Å². The van der Waals surface area contributed by atoms with E-state index in [1.54, 1.807) is 13.2 Å². The molecule has 0 heterocycles. The Kier molecular flexibility index (Phi) is 5.92. The smallest absolute Gasteiger partial charge is 0.225 e. The van der Waals surface area contributed by atoms with Gasteiger partial charge in [0.05, 0.1) is 19.6 Å². The highest BCUT2D eigenvalue weighted by Gasteiger charge is 2.17. The van der Waals surface area contributed by atoms with Gasteiger partial charge < -0.3 is 10.1 Å². The Morgan fingerprint density at radius 2 is 1.54 bits per heavy atom. The number of hydrogen-bond donors (Lipinski definition) is 1. The number of methoxy groups -OCH3 is 1. The lowest BCUT2D eigenvalue weighted by molar-refractivity contribution is -0.120. The maximum atomic E-state index is 12.7. The Morgan fingerprint density at radius 1 is 0.923 bits per heavy atom. The molecule has 4 heteroatoms. The number of halogens is 1. The third kappa shape index (κ3) is 4.44. The second-order valence-electron chi connectivity index (χ2n) is 5.95. The molecule has 0 saturated carbocycles. The van der Waals surface area contributed by atoms with Gasteiger partial charge in [0.2, 0.25) is 5.91 Å². The lowest BCUT2D eigenvalue weighted by atomic mass is 9.98. The minimum Gasteiger partial charge on any atom is -0.497 e. The summed E-state index contributed by atoms with van der Waals surface area (Å²) in [4.78, 5) is 12.7. The summed E-state index contributed by atoms with van der Waals surface area (Å²) in [5.74, 6) is 0.700. The molecule has 3 aromatic carbocycles. The van der Waals surface area contributed by atoms with Gasteiger partial charge >= 0.3 is 0 Å². The molecule has 0 aliphatic carbocycles. The molecule has 0 fully saturated rings. The van der Waals surface area contributed by atoms with E-state index in [1.807, 2.05) is 72.8 Å². The fourth-order valence-electron chi connectivity index (χ4n) is 2.83. The predicted octanol–water partition coefficient (Wildman–Crippen LogP) is 4.80. The van der Waals surface area contributed by atoms with Crippen molar-refractivity contribution >= 4 is 17.5 Å². The summed E-state index contributed by atoms with van der Waals surface area (Å²) in [6, 6.07) is 24.8. The average molecular weight is 366 g/mol. The molecule has 0 bridgehead atoms. The monoisotopic (exact) mass is 365 g/mol. The van der Waals surface area contributed by atoms with E-state index >= 15 is 0 Å². The Labute approximate surface area is 158 Å². The van der Waals surface area contributed by atoms with Gasteiger partial charge in [-0.25, -0.2) is 0 Å². The van der Waals surface area contributed by atoms with Crippen LogP contribution in [0.25, 0.3) is 0 Å².